The molecule has 0 saturated carbocycles. The van der Waals surface area contributed by atoms with Gasteiger partial charge < -0.3 is 0 Å². The maximum absolute atomic E-state index is 5.91. The van der Waals surface area contributed by atoms with E-state index in [-0.39, 0.29) is 0 Å². The molecule has 0 bridgehead atoms. The first-order chi connectivity index (χ1) is 6.25. The molecule has 4 heteroatoms. The van der Waals surface area contributed by atoms with Crippen LogP contribution in [0, 0.1) is 0 Å². The monoisotopic (exact) mass is 233 g/mol. The molecule has 0 spiro atoms. The molecule has 1 nitrogen and oxygen atoms in total. The number of pyridine rings is 1. The summed E-state index contributed by atoms with van der Waals surface area (Å²) < 4.78 is 0. The molecule has 1 rings (SSSR count). The minimum Gasteiger partial charge on any atom is -0.244 e. The van der Waals surface area contributed by atoms with E-state index in [2.05, 4.69) is 17.6 Å². The second kappa shape index (κ2) is 5.53. The summed E-state index contributed by atoms with van der Waals surface area (Å²) in [7, 11) is 0. The summed E-state index contributed by atoms with van der Waals surface area (Å²) in [4.78, 5) is 3.93. The molecule has 0 atom stereocenters. The highest BCUT2D eigenvalue weighted by Gasteiger charge is 2.01. The quantitative estimate of drug-likeness (QED) is 0.621. The predicted octanol–water partition coefficient (Wildman–Crippen LogP) is 3.72. The largest absolute Gasteiger partial charge is 0.244 e. The minimum atomic E-state index is 0.433. The Hall–Kier alpha value is -0.180. The Bertz CT molecular complexity index is 292. The van der Waals surface area contributed by atoms with Gasteiger partial charge in [-0.3, -0.25) is 0 Å². The van der Waals surface area contributed by atoms with Gasteiger partial charge in [-0.2, -0.15) is 12.6 Å². The normalized spacial score (nSPS) is 11.0. The summed E-state index contributed by atoms with van der Waals surface area (Å²) in [5.74, 6) is 0.812. The second-order valence-corrected chi connectivity index (χ2v) is 3.62. The molecule has 0 aliphatic carbocycles. The molecule has 1 heterocycles. The first-order valence-corrected chi connectivity index (χ1v) is 5.22. The zero-order chi connectivity index (χ0) is 9.68. The minimum absolute atomic E-state index is 0.433. The van der Waals surface area contributed by atoms with Crippen molar-refractivity contribution in [2.45, 2.75) is 6.42 Å². The summed E-state index contributed by atoms with van der Waals surface area (Å²) >= 11 is 15.8. The first-order valence-electron chi connectivity index (χ1n) is 3.83. The van der Waals surface area contributed by atoms with Crippen LogP contribution in [0.4, 0.5) is 0 Å². The lowest BCUT2D eigenvalue weighted by Crippen LogP contribution is -1.81. The van der Waals surface area contributed by atoms with Gasteiger partial charge >= 0.3 is 0 Å². The highest BCUT2D eigenvalue weighted by molar-refractivity contribution is 7.80. The van der Waals surface area contributed by atoms with Crippen molar-refractivity contribution in [3.63, 3.8) is 0 Å². The molecule has 0 fully saturated rings. The van der Waals surface area contributed by atoms with Crippen molar-refractivity contribution in [3.05, 3.63) is 34.1 Å². The summed E-state index contributed by atoms with van der Waals surface area (Å²) in [6.45, 7) is 0. The van der Waals surface area contributed by atoms with Crippen LogP contribution in [0.2, 0.25) is 10.2 Å². The number of rotatable bonds is 3. The molecule has 0 radical (unpaired) electrons. The van der Waals surface area contributed by atoms with Crippen molar-refractivity contribution in [2.75, 3.05) is 5.75 Å². The van der Waals surface area contributed by atoms with E-state index < -0.39 is 0 Å². The number of hydrogen-bond donors (Lipinski definition) is 1. The third kappa shape index (κ3) is 3.22. The second-order valence-electron chi connectivity index (χ2n) is 2.41. The molecule has 1 aromatic rings. The van der Waals surface area contributed by atoms with E-state index in [4.69, 9.17) is 23.2 Å². The molecule has 0 aromatic carbocycles. The van der Waals surface area contributed by atoms with Crippen LogP contribution in [0.1, 0.15) is 12.0 Å². The highest BCUT2D eigenvalue weighted by Crippen LogP contribution is 2.23. The van der Waals surface area contributed by atoms with Crippen LogP contribution >= 0.6 is 35.8 Å². The zero-order valence-corrected chi connectivity index (χ0v) is 9.28. The molecule has 0 N–H and O–H groups in total. The van der Waals surface area contributed by atoms with Crippen LogP contribution in [-0.4, -0.2) is 10.7 Å². The van der Waals surface area contributed by atoms with Crippen molar-refractivity contribution in [2.24, 2.45) is 0 Å². The van der Waals surface area contributed by atoms with Gasteiger partial charge in [0.25, 0.3) is 0 Å². The van der Waals surface area contributed by atoms with Crippen molar-refractivity contribution in [1.82, 2.24) is 4.98 Å². The lowest BCUT2D eigenvalue weighted by atomic mass is 10.2. The van der Waals surface area contributed by atoms with E-state index >= 15 is 0 Å². The van der Waals surface area contributed by atoms with Crippen LogP contribution in [0.5, 0.6) is 0 Å². The van der Waals surface area contributed by atoms with Gasteiger partial charge in [-0.1, -0.05) is 35.4 Å². The van der Waals surface area contributed by atoms with E-state index in [9.17, 15) is 0 Å². The number of aromatic nitrogens is 1. The van der Waals surface area contributed by atoms with Crippen LogP contribution < -0.4 is 0 Å². The average molecular weight is 234 g/mol. The van der Waals surface area contributed by atoms with Crippen LogP contribution in [0.3, 0.4) is 0 Å². The van der Waals surface area contributed by atoms with Crippen LogP contribution in [0.15, 0.2) is 18.3 Å². The fourth-order valence-corrected chi connectivity index (χ4v) is 1.48. The Balaban J connectivity index is 2.87. The third-order valence-corrected chi connectivity index (χ3v) is 2.36. The molecule has 1 aromatic heterocycles. The van der Waals surface area contributed by atoms with Gasteiger partial charge in [0, 0.05) is 11.8 Å². The predicted molar refractivity (Wildman–Crippen MR) is 61.8 cm³/mol. The summed E-state index contributed by atoms with van der Waals surface area (Å²) in [6, 6.07) is 1.72. The molecule has 70 valence electrons. The topological polar surface area (TPSA) is 12.9 Å². The zero-order valence-electron chi connectivity index (χ0n) is 6.87. The average Bonchev–Trinajstić information content (AvgIpc) is 2.10. The maximum atomic E-state index is 5.91. The summed E-state index contributed by atoms with van der Waals surface area (Å²) in [5, 5.41) is 1.05. The van der Waals surface area contributed by atoms with Gasteiger partial charge in [0.1, 0.15) is 5.15 Å². The van der Waals surface area contributed by atoms with Gasteiger partial charge in [0.15, 0.2) is 0 Å². The van der Waals surface area contributed by atoms with Gasteiger partial charge in [0.2, 0.25) is 0 Å². The number of hydrogen-bond acceptors (Lipinski definition) is 2. The molecule has 0 aliphatic rings. The fraction of sp³-hybridized carbons (Fsp3) is 0.222. The van der Waals surface area contributed by atoms with E-state index in [0.29, 0.717) is 10.2 Å². The molecule has 13 heavy (non-hydrogen) atoms. The van der Waals surface area contributed by atoms with Crippen LogP contribution in [0.25, 0.3) is 6.08 Å². The van der Waals surface area contributed by atoms with Crippen molar-refractivity contribution in [3.8, 4) is 0 Å². The Morgan fingerprint density at radius 1 is 1.46 bits per heavy atom. The molecule has 0 aliphatic heterocycles. The number of halogens is 2. The van der Waals surface area contributed by atoms with E-state index in [1.807, 2.05) is 12.2 Å². The maximum Gasteiger partial charge on any atom is 0.137 e. The molecule has 0 unspecified atom stereocenters. The van der Waals surface area contributed by atoms with Crippen molar-refractivity contribution < 1.29 is 0 Å². The van der Waals surface area contributed by atoms with Crippen molar-refractivity contribution >= 4 is 41.9 Å². The first kappa shape index (κ1) is 10.9. The molecular weight excluding hydrogens is 225 g/mol. The van der Waals surface area contributed by atoms with E-state index in [1.54, 1.807) is 12.3 Å². The Morgan fingerprint density at radius 2 is 2.23 bits per heavy atom. The highest BCUT2D eigenvalue weighted by atomic mass is 35.5. The van der Waals surface area contributed by atoms with Crippen molar-refractivity contribution in [1.29, 1.82) is 0 Å². The lowest BCUT2D eigenvalue weighted by Gasteiger charge is -1.98. The summed E-state index contributed by atoms with van der Waals surface area (Å²) in [5.41, 5.74) is 0.771. The van der Waals surface area contributed by atoms with Crippen LogP contribution in [-0.2, 0) is 0 Å². The number of nitrogens with zero attached hydrogens (tertiary/aromatic N) is 1. The van der Waals surface area contributed by atoms with E-state index in [1.165, 1.54) is 0 Å². The lowest BCUT2D eigenvalue weighted by molar-refractivity contribution is 1.26. The Kier molecular flexibility index (Phi) is 4.64. The standard InChI is InChI=1S/C9H9Cl2NS/c10-8-4-5-12-9(11)7(8)3-1-2-6-13/h1,3-5,13H,2,6H2. The Labute approximate surface area is 93.2 Å². The molecule has 0 amide bonds. The van der Waals surface area contributed by atoms with Gasteiger partial charge in [-0.15, -0.1) is 0 Å². The summed E-state index contributed by atoms with van der Waals surface area (Å²) in [6.07, 6.45) is 6.32. The fourth-order valence-electron chi connectivity index (χ4n) is 0.850. The molecule has 0 saturated heterocycles. The number of allylic oxidation sites excluding steroid dienone is 1. The SMILES string of the molecule is SCCC=Cc1c(Cl)ccnc1Cl. The molecular formula is C9H9Cl2NS. The van der Waals surface area contributed by atoms with Gasteiger partial charge in [-0.25, -0.2) is 4.98 Å². The van der Waals surface area contributed by atoms with E-state index in [0.717, 1.165) is 17.7 Å². The smallest absolute Gasteiger partial charge is 0.137 e. The Morgan fingerprint density at radius 3 is 2.85 bits per heavy atom. The van der Waals surface area contributed by atoms with Gasteiger partial charge in [-0.05, 0) is 18.2 Å². The third-order valence-electron chi connectivity index (χ3n) is 1.47. The van der Waals surface area contributed by atoms with Gasteiger partial charge in [0.05, 0.1) is 5.02 Å². The number of thiol groups is 1.